The molecule has 0 aliphatic carbocycles. The summed E-state index contributed by atoms with van der Waals surface area (Å²) in [5.74, 6) is 1.78. The fraction of sp³-hybridized carbons (Fsp3) is 0.188. The minimum absolute atomic E-state index is 0.182. The molecule has 0 fully saturated rings. The summed E-state index contributed by atoms with van der Waals surface area (Å²) in [6, 6.07) is 15.2. The second-order valence-electron chi connectivity index (χ2n) is 4.55. The first-order chi connectivity index (χ1) is 10.2. The van der Waals surface area contributed by atoms with Crippen LogP contribution in [0.5, 0.6) is 11.5 Å². The molecular weight excluding hydrogens is 268 g/mol. The second kappa shape index (κ2) is 7.19. The largest absolute Gasteiger partial charge is 0.497 e. The van der Waals surface area contributed by atoms with Gasteiger partial charge in [-0.05, 0) is 35.4 Å². The summed E-state index contributed by atoms with van der Waals surface area (Å²) >= 11 is 0. The predicted octanol–water partition coefficient (Wildman–Crippen LogP) is 2.56. The van der Waals surface area contributed by atoms with Gasteiger partial charge >= 0.3 is 0 Å². The van der Waals surface area contributed by atoms with Gasteiger partial charge in [-0.2, -0.15) is 0 Å². The normalized spacial score (nSPS) is 11.2. The van der Waals surface area contributed by atoms with Gasteiger partial charge in [0.1, 0.15) is 23.9 Å². The standard InChI is InChI=1S/C16H18N2O3/c1-20-14-6-4-13(5-7-14)11-21-15-8-2-12(3-9-15)10-16(17)18-19/h2-9,19H,10-11H2,1H3,(H2,17,18). The Kier molecular flexibility index (Phi) is 5.04. The van der Waals surface area contributed by atoms with Crippen LogP contribution >= 0.6 is 0 Å². The van der Waals surface area contributed by atoms with E-state index in [0.717, 1.165) is 22.6 Å². The molecule has 2 aromatic carbocycles. The maximum absolute atomic E-state index is 8.53. The molecule has 0 unspecified atom stereocenters. The number of rotatable bonds is 6. The van der Waals surface area contributed by atoms with Crippen LogP contribution in [0.25, 0.3) is 0 Å². The highest BCUT2D eigenvalue weighted by Gasteiger charge is 2.00. The number of oxime groups is 1. The van der Waals surface area contributed by atoms with Gasteiger partial charge in [0.2, 0.25) is 0 Å². The predicted molar refractivity (Wildman–Crippen MR) is 80.9 cm³/mol. The van der Waals surface area contributed by atoms with Crippen LogP contribution in [0.15, 0.2) is 53.7 Å². The smallest absolute Gasteiger partial charge is 0.143 e. The van der Waals surface area contributed by atoms with E-state index in [-0.39, 0.29) is 5.84 Å². The van der Waals surface area contributed by atoms with E-state index in [1.54, 1.807) is 7.11 Å². The van der Waals surface area contributed by atoms with Crippen molar-refractivity contribution in [1.29, 1.82) is 0 Å². The van der Waals surface area contributed by atoms with E-state index in [1.165, 1.54) is 0 Å². The molecule has 2 rings (SSSR count). The molecule has 0 saturated heterocycles. The number of amidine groups is 1. The Hall–Kier alpha value is -2.69. The third-order valence-corrected chi connectivity index (χ3v) is 3.00. The molecule has 0 aliphatic rings. The third kappa shape index (κ3) is 4.42. The van der Waals surface area contributed by atoms with Gasteiger partial charge in [0.05, 0.1) is 7.11 Å². The Morgan fingerprint density at radius 1 is 1.00 bits per heavy atom. The van der Waals surface area contributed by atoms with Crippen LogP contribution in [0.3, 0.4) is 0 Å². The van der Waals surface area contributed by atoms with E-state index in [4.69, 9.17) is 20.4 Å². The topological polar surface area (TPSA) is 77.1 Å². The SMILES string of the molecule is COc1ccc(COc2ccc(C/C(N)=N/O)cc2)cc1. The molecule has 0 bridgehead atoms. The number of benzene rings is 2. The fourth-order valence-electron chi connectivity index (χ4n) is 1.84. The molecule has 0 radical (unpaired) electrons. The summed E-state index contributed by atoms with van der Waals surface area (Å²) in [5.41, 5.74) is 7.49. The molecule has 21 heavy (non-hydrogen) atoms. The van der Waals surface area contributed by atoms with E-state index in [0.29, 0.717) is 13.0 Å². The minimum Gasteiger partial charge on any atom is -0.497 e. The Bertz CT molecular complexity index is 592. The van der Waals surface area contributed by atoms with Crippen molar-refractivity contribution in [3.63, 3.8) is 0 Å². The van der Waals surface area contributed by atoms with E-state index < -0.39 is 0 Å². The zero-order valence-electron chi connectivity index (χ0n) is 11.8. The summed E-state index contributed by atoms with van der Waals surface area (Å²) in [7, 11) is 1.64. The molecule has 0 amide bonds. The minimum atomic E-state index is 0.182. The first-order valence-electron chi connectivity index (χ1n) is 6.52. The van der Waals surface area contributed by atoms with Gasteiger partial charge in [-0.3, -0.25) is 0 Å². The second-order valence-corrected chi connectivity index (χ2v) is 4.55. The van der Waals surface area contributed by atoms with Gasteiger partial charge in [0.15, 0.2) is 0 Å². The van der Waals surface area contributed by atoms with Crippen LogP contribution < -0.4 is 15.2 Å². The Balaban J connectivity index is 1.90. The van der Waals surface area contributed by atoms with Gasteiger partial charge in [-0.15, -0.1) is 0 Å². The van der Waals surface area contributed by atoms with E-state index in [2.05, 4.69) is 5.16 Å². The van der Waals surface area contributed by atoms with Crippen LogP contribution in [-0.2, 0) is 13.0 Å². The average molecular weight is 286 g/mol. The Morgan fingerprint density at radius 2 is 1.57 bits per heavy atom. The van der Waals surface area contributed by atoms with Gasteiger partial charge in [-0.25, -0.2) is 0 Å². The van der Waals surface area contributed by atoms with Crippen molar-refractivity contribution in [3.8, 4) is 11.5 Å². The Labute approximate surface area is 123 Å². The average Bonchev–Trinajstić information content (AvgIpc) is 2.54. The molecule has 5 heteroatoms. The third-order valence-electron chi connectivity index (χ3n) is 3.00. The summed E-state index contributed by atoms with van der Waals surface area (Å²) in [6.45, 7) is 0.490. The van der Waals surface area contributed by atoms with Gasteiger partial charge in [-0.1, -0.05) is 29.4 Å². The monoisotopic (exact) mass is 286 g/mol. The highest BCUT2D eigenvalue weighted by molar-refractivity contribution is 5.82. The Morgan fingerprint density at radius 3 is 2.14 bits per heavy atom. The van der Waals surface area contributed by atoms with E-state index in [1.807, 2.05) is 48.5 Å². The maximum Gasteiger partial charge on any atom is 0.143 e. The van der Waals surface area contributed by atoms with Gasteiger partial charge < -0.3 is 20.4 Å². The van der Waals surface area contributed by atoms with Crippen LogP contribution in [0.2, 0.25) is 0 Å². The van der Waals surface area contributed by atoms with Gasteiger partial charge in [0, 0.05) is 6.42 Å². The fourth-order valence-corrected chi connectivity index (χ4v) is 1.84. The number of methoxy groups -OCH3 is 1. The van der Waals surface area contributed by atoms with Crippen LogP contribution in [0.4, 0.5) is 0 Å². The van der Waals surface area contributed by atoms with Crippen molar-refractivity contribution in [2.45, 2.75) is 13.0 Å². The number of ether oxygens (including phenoxy) is 2. The summed E-state index contributed by atoms with van der Waals surface area (Å²) in [4.78, 5) is 0. The summed E-state index contributed by atoms with van der Waals surface area (Å²) < 4.78 is 10.8. The molecule has 0 heterocycles. The quantitative estimate of drug-likeness (QED) is 0.370. The zero-order valence-corrected chi connectivity index (χ0v) is 11.8. The van der Waals surface area contributed by atoms with Crippen molar-refractivity contribution in [3.05, 3.63) is 59.7 Å². The molecule has 5 nitrogen and oxygen atoms in total. The van der Waals surface area contributed by atoms with Crippen molar-refractivity contribution in [2.24, 2.45) is 10.9 Å². The molecule has 0 spiro atoms. The molecule has 0 atom stereocenters. The van der Waals surface area contributed by atoms with E-state index in [9.17, 15) is 0 Å². The summed E-state index contributed by atoms with van der Waals surface area (Å²) in [5, 5.41) is 11.5. The van der Waals surface area contributed by atoms with E-state index >= 15 is 0 Å². The number of hydrogen-bond acceptors (Lipinski definition) is 4. The lowest BCUT2D eigenvalue weighted by molar-refractivity contribution is 0.306. The lowest BCUT2D eigenvalue weighted by atomic mass is 10.1. The van der Waals surface area contributed by atoms with Crippen molar-refractivity contribution in [1.82, 2.24) is 0 Å². The molecule has 3 N–H and O–H groups in total. The lowest BCUT2D eigenvalue weighted by Crippen LogP contribution is -2.14. The maximum atomic E-state index is 8.53. The number of nitrogens with zero attached hydrogens (tertiary/aromatic N) is 1. The molecule has 0 aliphatic heterocycles. The summed E-state index contributed by atoms with van der Waals surface area (Å²) in [6.07, 6.45) is 0.412. The zero-order chi connectivity index (χ0) is 15.1. The highest BCUT2D eigenvalue weighted by atomic mass is 16.5. The first-order valence-corrected chi connectivity index (χ1v) is 6.52. The molecule has 0 saturated carbocycles. The molecule has 2 aromatic rings. The number of hydrogen-bond donors (Lipinski definition) is 2. The molecule has 0 aromatic heterocycles. The van der Waals surface area contributed by atoms with Crippen molar-refractivity contribution >= 4 is 5.84 Å². The van der Waals surface area contributed by atoms with Crippen LogP contribution in [0.1, 0.15) is 11.1 Å². The van der Waals surface area contributed by atoms with Crippen molar-refractivity contribution < 1.29 is 14.7 Å². The first kappa shape index (κ1) is 14.7. The molecular formula is C16H18N2O3. The number of nitrogens with two attached hydrogens (primary N) is 1. The van der Waals surface area contributed by atoms with Crippen LogP contribution in [-0.4, -0.2) is 18.2 Å². The highest BCUT2D eigenvalue weighted by Crippen LogP contribution is 2.16. The lowest BCUT2D eigenvalue weighted by Gasteiger charge is -2.08. The molecule has 110 valence electrons. The van der Waals surface area contributed by atoms with Gasteiger partial charge in [0.25, 0.3) is 0 Å². The van der Waals surface area contributed by atoms with Crippen LogP contribution in [0, 0.1) is 0 Å². The van der Waals surface area contributed by atoms with Crippen molar-refractivity contribution in [2.75, 3.05) is 7.11 Å².